The Morgan fingerprint density at radius 3 is 2.43 bits per heavy atom. The fourth-order valence-corrected chi connectivity index (χ4v) is 2.92. The molecule has 1 atom stereocenters. The molecule has 0 radical (unpaired) electrons. The average molecular weight is 447 g/mol. The van der Waals surface area contributed by atoms with Crippen LogP contribution in [0.3, 0.4) is 0 Å². The molecule has 154 valence electrons. The minimum atomic E-state index is -1.13. The van der Waals surface area contributed by atoms with Gasteiger partial charge in [0.2, 0.25) is 0 Å². The second kappa shape index (κ2) is 9.47. The molecule has 0 aliphatic carbocycles. The molecule has 0 unspecified atom stereocenters. The van der Waals surface area contributed by atoms with Crippen molar-refractivity contribution >= 4 is 52.4 Å². The van der Waals surface area contributed by atoms with E-state index in [0.29, 0.717) is 10.7 Å². The molecule has 7 nitrogen and oxygen atoms in total. The van der Waals surface area contributed by atoms with Gasteiger partial charge in [-0.25, -0.2) is 4.79 Å². The number of ether oxygens (including phenoxy) is 1. The van der Waals surface area contributed by atoms with Crippen LogP contribution >= 0.6 is 23.2 Å². The van der Waals surface area contributed by atoms with Crippen molar-refractivity contribution in [2.75, 3.05) is 10.6 Å². The predicted molar refractivity (Wildman–Crippen MR) is 113 cm³/mol. The number of carbonyl (C=O) groups is 3. The molecule has 0 saturated carbocycles. The van der Waals surface area contributed by atoms with E-state index in [2.05, 4.69) is 10.6 Å². The van der Waals surface area contributed by atoms with Gasteiger partial charge in [0.15, 0.2) is 11.9 Å². The van der Waals surface area contributed by atoms with Gasteiger partial charge in [0.1, 0.15) is 0 Å². The van der Waals surface area contributed by atoms with Crippen LogP contribution in [0.5, 0.6) is 0 Å². The predicted octanol–water partition coefficient (Wildman–Crippen LogP) is 5.02. The Morgan fingerprint density at radius 2 is 1.73 bits per heavy atom. The number of furan rings is 1. The smallest absolute Gasteiger partial charge is 0.341 e. The quantitative estimate of drug-likeness (QED) is 0.517. The molecule has 1 heterocycles. The molecular formula is C21H16Cl2N2O5. The monoisotopic (exact) mass is 446 g/mol. The zero-order chi connectivity index (χ0) is 21.7. The molecule has 0 fully saturated rings. The number of amides is 2. The van der Waals surface area contributed by atoms with Crippen molar-refractivity contribution < 1.29 is 23.5 Å². The summed E-state index contributed by atoms with van der Waals surface area (Å²) in [5.74, 6) is -1.80. The number of carbonyl (C=O) groups excluding carboxylic acids is 3. The highest BCUT2D eigenvalue weighted by atomic mass is 35.5. The van der Waals surface area contributed by atoms with Gasteiger partial charge in [0.05, 0.1) is 28.2 Å². The van der Waals surface area contributed by atoms with Crippen molar-refractivity contribution in [2.24, 2.45) is 0 Å². The number of esters is 1. The third-order valence-electron chi connectivity index (χ3n) is 3.98. The van der Waals surface area contributed by atoms with E-state index < -0.39 is 23.9 Å². The van der Waals surface area contributed by atoms with Crippen LogP contribution in [0, 0.1) is 0 Å². The number of halogens is 2. The van der Waals surface area contributed by atoms with Crippen molar-refractivity contribution in [1.29, 1.82) is 0 Å². The summed E-state index contributed by atoms with van der Waals surface area (Å²) in [6.45, 7) is 1.42. The van der Waals surface area contributed by atoms with E-state index in [1.165, 1.54) is 43.5 Å². The standard InChI is InChI=1S/C21H16Cl2N2O5/c1-12(19(26)25-17-9-8-13(22)11-15(17)23)30-21(28)14-5-2-3-6-16(14)24-20(27)18-7-4-10-29-18/h2-12H,1H3,(H,24,27)(H,25,26)/t12-/m1/s1. The maximum Gasteiger partial charge on any atom is 0.341 e. The summed E-state index contributed by atoms with van der Waals surface area (Å²) in [6, 6.07) is 13.9. The van der Waals surface area contributed by atoms with Crippen LogP contribution in [-0.2, 0) is 9.53 Å². The van der Waals surface area contributed by atoms with Crippen molar-refractivity contribution in [3.63, 3.8) is 0 Å². The molecule has 2 amide bonds. The van der Waals surface area contributed by atoms with E-state index in [9.17, 15) is 14.4 Å². The van der Waals surface area contributed by atoms with E-state index in [0.717, 1.165) is 0 Å². The Bertz CT molecular complexity index is 1080. The van der Waals surface area contributed by atoms with Crippen LogP contribution in [0.4, 0.5) is 11.4 Å². The second-order valence-corrected chi connectivity index (χ2v) is 6.98. The largest absolute Gasteiger partial charge is 0.459 e. The molecule has 2 aromatic carbocycles. The highest BCUT2D eigenvalue weighted by Crippen LogP contribution is 2.26. The van der Waals surface area contributed by atoms with Gasteiger partial charge in [0.25, 0.3) is 11.8 Å². The molecule has 0 aliphatic rings. The third kappa shape index (κ3) is 5.20. The normalized spacial score (nSPS) is 11.4. The van der Waals surface area contributed by atoms with Gasteiger partial charge in [-0.1, -0.05) is 35.3 Å². The maximum atomic E-state index is 12.6. The zero-order valence-corrected chi connectivity index (χ0v) is 17.2. The number of hydrogen-bond acceptors (Lipinski definition) is 5. The maximum absolute atomic E-state index is 12.6. The Morgan fingerprint density at radius 1 is 0.967 bits per heavy atom. The van der Waals surface area contributed by atoms with Gasteiger partial charge < -0.3 is 19.8 Å². The molecular weight excluding hydrogens is 431 g/mol. The Hall–Kier alpha value is -3.29. The van der Waals surface area contributed by atoms with Gasteiger partial charge in [-0.3, -0.25) is 9.59 Å². The number of nitrogens with one attached hydrogen (secondary N) is 2. The second-order valence-electron chi connectivity index (χ2n) is 6.14. The van der Waals surface area contributed by atoms with Gasteiger partial charge in [-0.05, 0) is 49.4 Å². The van der Waals surface area contributed by atoms with E-state index in [4.69, 9.17) is 32.4 Å². The van der Waals surface area contributed by atoms with Crippen molar-refractivity contribution in [2.45, 2.75) is 13.0 Å². The van der Waals surface area contributed by atoms with Crippen LogP contribution < -0.4 is 10.6 Å². The topological polar surface area (TPSA) is 97.6 Å². The first-order valence-electron chi connectivity index (χ1n) is 8.76. The fraction of sp³-hybridized carbons (Fsp3) is 0.0952. The summed E-state index contributed by atoms with van der Waals surface area (Å²) < 4.78 is 10.3. The van der Waals surface area contributed by atoms with Crippen LogP contribution in [0.1, 0.15) is 27.8 Å². The summed E-state index contributed by atoms with van der Waals surface area (Å²) in [4.78, 5) is 37.2. The van der Waals surface area contributed by atoms with Gasteiger partial charge >= 0.3 is 5.97 Å². The van der Waals surface area contributed by atoms with Crippen LogP contribution in [0.25, 0.3) is 0 Å². The first-order chi connectivity index (χ1) is 14.3. The number of anilines is 2. The van der Waals surface area contributed by atoms with Gasteiger partial charge in [0, 0.05) is 5.02 Å². The van der Waals surface area contributed by atoms with E-state index in [-0.39, 0.29) is 22.0 Å². The van der Waals surface area contributed by atoms with Crippen molar-refractivity contribution in [3.05, 3.63) is 82.2 Å². The lowest BCUT2D eigenvalue weighted by atomic mass is 10.1. The summed E-state index contributed by atoms with van der Waals surface area (Å²) >= 11 is 11.9. The molecule has 2 N–H and O–H groups in total. The summed E-state index contributed by atoms with van der Waals surface area (Å²) in [7, 11) is 0. The molecule has 30 heavy (non-hydrogen) atoms. The van der Waals surface area contributed by atoms with Gasteiger partial charge in [-0.2, -0.15) is 0 Å². The van der Waals surface area contributed by atoms with Crippen molar-refractivity contribution in [3.8, 4) is 0 Å². The fourth-order valence-electron chi connectivity index (χ4n) is 2.46. The lowest BCUT2D eigenvalue weighted by Gasteiger charge is -2.16. The highest BCUT2D eigenvalue weighted by Gasteiger charge is 2.22. The zero-order valence-electron chi connectivity index (χ0n) is 15.6. The van der Waals surface area contributed by atoms with Gasteiger partial charge in [-0.15, -0.1) is 0 Å². The Labute approximate surface area is 181 Å². The third-order valence-corrected chi connectivity index (χ3v) is 4.53. The molecule has 0 saturated heterocycles. The number of para-hydroxylation sites is 1. The lowest BCUT2D eigenvalue weighted by molar-refractivity contribution is -0.123. The number of benzene rings is 2. The molecule has 3 rings (SSSR count). The molecule has 1 aromatic heterocycles. The Balaban J connectivity index is 1.68. The number of hydrogen-bond donors (Lipinski definition) is 2. The molecule has 9 heteroatoms. The SMILES string of the molecule is C[C@@H](OC(=O)c1ccccc1NC(=O)c1ccco1)C(=O)Nc1ccc(Cl)cc1Cl. The minimum Gasteiger partial charge on any atom is -0.459 e. The number of rotatable bonds is 6. The first kappa shape index (κ1) is 21.4. The van der Waals surface area contributed by atoms with E-state index in [1.807, 2.05) is 0 Å². The summed E-state index contributed by atoms with van der Waals surface area (Å²) in [6.07, 6.45) is 0.237. The lowest BCUT2D eigenvalue weighted by Crippen LogP contribution is -2.30. The minimum absolute atomic E-state index is 0.0848. The molecule has 0 aliphatic heterocycles. The highest BCUT2D eigenvalue weighted by molar-refractivity contribution is 6.36. The average Bonchev–Trinajstić information content (AvgIpc) is 3.25. The first-order valence-corrected chi connectivity index (χ1v) is 9.51. The van der Waals surface area contributed by atoms with E-state index >= 15 is 0 Å². The summed E-state index contributed by atoms with van der Waals surface area (Å²) in [5, 5.41) is 5.83. The van der Waals surface area contributed by atoms with Crippen LogP contribution in [0.15, 0.2) is 65.3 Å². The summed E-state index contributed by atoms with van der Waals surface area (Å²) in [5.41, 5.74) is 0.638. The molecule has 0 spiro atoms. The van der Waals surface area contributed by atoms with Crippen LogP contribution in [-0.4, -0.2) is 23.9 Å². The van der Waals surface area contributed by atoms with E-state index in [1.54, 1.807) is 24.3 Å². The molecule has 0 bridgehead atoms. The van der Waals surface area contributed by atoms with Crippen LogP contribution in [0.2, 0.25) is 10.0 Å². The Kier molecular flexibility index (Phi) is 6.76. The molecule has 3 aromatic rings. The van der Waals surface area contributed by atoms with Crippen molar-refractivity contribution in [1.82, 2.24) is 0 Å².